The summed E-state index contributed by atoms with van der Waals surface area (Å²) < 4.78 is 0. The maximum absolute atomic E-state index is 8.97. The summed E-state index contributed by atoms with van der Waals surface area (Å²) in [5.41, 5.74) is 1.23. The van der Waals surface area contributed by atoms with Gasteiger partial charge in [-0.1, -0.05) is 29.1 Å². The lowest BCUT2D eigenvalue weighted by atomic mass is 10.2. The maximum Gasteiger partial charge on any atom is 0.150 e. The van der Waals surface area contributed by atoms with E-state index in [-0.39, 0.29) is 0 Å². The van der Waals surface area contributed by atoms with Crippen LogP contribution < -0.4 is 0 Å². The van der Waals surface area contributed by atoms with Gasteiger partial charge in [0.1, 0.15) is 0 Å². The predicted octanol–water partition coefficient (Wildman–Crippen LogP) is 3.24. The van der Waals surface area contributed by atoms with Crippen LogP contribution in [0.1, 0.15) is 5.56 Å². The van der Waals surface area contributed by atoms with E-state index in [9.17, 15) is 0 Å². The van der Waals surface area contributed by atoms with Crippen molar-refractivity contribution in [3.8, 4) is 0 Å². The van der Waals surface area contributed by atoms with Gasteiger partial charge in [0, 0.05) is 4.90 Å². The van der Waals surface area contributed by atoms with Gasteiger partial charge in [-0.25, -0.2) is 0 Å². The number of rotatable bonds is 2. The van der Waals surface area contributed by atoms with E-state index in [0.29, 0.717) is 0 Å². The summed E-state index contributed by atoms with van der Waals surface area (Å²) in [6.45, 7) is 0.863. The van der Waals surface area contributed by atoms with Crippen molar-refractivity contribution in [3.05, 3.63) is 29.8 Å². The van der Waals surface area contributed by atoms with Gasteiger partial charge in [-0.15, -0.1) is 12.2 Å². The highest BCUT2D eigenvalue weighted by Crippen LogP contribution is 2.53. The lowest BCUT2D eigenvalue weighted by Gasteiger charge is -2.01. The van der Waals surface area contributed by atoms with Crippen molar-refractivity contribution in [2.75, 3.05) is 0 Å². The Kier molecular flexibility index (Phi) is 3.73. The van der Waals surface area contributed by atoms with Gasteiger partial charge in [-0.3, -0.25) is 0 Å². The van der Waals surface area contributed by atoms with Gasteiger partial charge in [-0.2, -0.15) is 0 Å². The summed E-state index contributed by atoms with van der Waals surface area (Å²) in [5.74, 6) is 0. The van der Waals surface area contributed by atoms with E-state index in [1.807, 2.05) is 31.2 Å². The van der Waals surface area contributed by atoms with Crippen LogP contribution in [0.5, 0.6) is 0 Å². The van der Waals surface area contributed by atoms with Crippen molar-refractivity contribution in [3.63, 3.8) is 0 Å². The Hall–Kier alpha value is 0.310. The molecule has 11 heavy (non-hydrogen) atoms. The summed E-state index contributed by atoms with van der Waals surface area (Å²) in [6, 6.07) is 8.02. The van der Waals surface area contributed by atoms with Gasteiger partial charge >= 0.3 is 0 Å². The van der Waals surface area contributed by atoms with Crippen molar-refractivity contribution >= 4 is 30.2 Å². The van der Waals surface area contributed by atoms with E-state index in [1.54, 1.807) is 0 Å². The summed E-state index contributed by atoms with van der Waals surface area (Å²) in [4.78, 5) is 10.0. The summed E-state index contributed by atoms with van der Waals surface area (Å²) in [5, 5.41) is 0. The molecule has 1 aromatic rings. The van der Waals surface area contributed by atoms with Crippen LogP contribution in [-0.4, -0.2) is 4.89 Å². The average molecular weight is 204 g/mol. The molecule has 1 unspecified atom stereocenters. The first-order valence-corrected chi connectivity index (χ1v) is 6.98. The first kappa shape index (κ1) is 9.40. The third kappa shape index (κ3) is 3.48. The van der Waals surface area contributed by atoms with E-state index < -0.39 is 6.55 Å². The van der Waals surface area contributed by atoms with Crippen LogP contribution in [0, 0.1) is 6.92 Å². The fraction of sp³-hybridized carbons (Fsp3) is 0.143. The molecule has 0 aromatic heterocycles. The molecule has 60 valence electrons. The molecule has 0 aliphatic heterocycles. The van der Waals surface area contributed by atoms with Crippen LogP contribution in [0.15, 0.2) is 29.2 Å². The lowest BCUT2D eigenvalue weighted by Crippen LogP contribution is -1.70. The molecule has 0 spiro atoms. The van der Waals surface area contributed by atoms with Gasteiger partial charge in [-0.05, 0) is 19.1 Å². The summed E-state index contributed by atoms with van der Waals surface area (Å²) in [6.07, 6.45) is 0. The van der Waals surface area contributed by atoms with Gasteiger partial charge < -0.3 is 4.89 Å². The Labute approximate surface area is 77.0 Å². The Morgan fingerprint density at radius 3 is 2.36 bits per heavy atom. The topological polar surface area (TPSA) is 20.2 Å². The highest BCUT2D eigenvalue weighted by Gasteiger charge is 1.98. The second-order valence-electron chi connectivity index (χ2n) is 2.16. The van der Waals surface area contributed by atoms with E-state index in [0.717, 1.165) is 4.90 Å². The van der Waals surface area contributed by atoms with E-state index in [4.69, 9.17) is 4.89 Å². The molecule has 0 radical (unpaired) electrons. The molecule has 0 aliphatic rings. The minimum atomic E-state index is -1.18. The van der Waals surface area contributed by atoms with Gasteiger partial charge in [0.25, 0.3) is 0 Å². The van der Waals surface area contributed by atoms with Crippen LogP contribution in [0.4, 0.5) is 0 Å². The summed E-state index contributed by atoms with van der Waals surface area (Å²) in [7, 11) is 0. The third-order valence-electron chi connectivity index (χ3n) is 1.21. The number of aryl methyl sites for hydroxylation is 1. The van der Waals surface area contributed by atoms with E-state index in [1.165, 1.54) is 16.9 Å². The van der Waals surface area contributed by atoms with Gasteiger partial charge in [0.15, 0.2) is 6.55 Å². The second kappa shape index (κ2) is 4.36. The average Bonchev–Trinajstić information content (AvgIpc) is 1.93. The highest BCUT2D eigenvalue weighted by molar-refractivity contribution is 8.81. The Morgan fingerprint density at radius 1 is 1.36 bits per heavy atom. The molecule has 1 aromatic carbocycles. The molecule has 4 heteroatoms. The number of thiol groups is 1. The van der Waals surface area contributed by atoms with E-state index in [2.05, 4.69) is 12.2 Å². The monoisotopic (exact) mass is 204 g/mol. The summed E-state index contributed by atoms with van der Waals surface area (Å²) >= 11 is 5.31. The van der Waals surface area contributed by atoms with Crippen LogP contribution >= 0.6 is 30.2 Å². The standard InChI is InChI=1S/C7H9OPS2/c1-6-2-4-7(5-3-6)11-9(8)10/h2-5,8,10H,1H3. The molecule has 1 N–H and O–H groups in total. The molecular formula is C7H9OPS2. The van der Waals surface area contributed by atoms with Crippen LogP contribution in [0.25, 0.3) is 0 Å². The maximum atomic E-state index is 8.97. The smallest absolute Gasteiger partial charge is 0.150 e. The number of hydrogen-bond donors (Lipinski definition) is 2. The Morgan fingerprint density at radius 2 is 1.91 bits per heavy atom. The molecule has 0 heterocycles. The molecule has 0 fully saturated rings. The lowest BCUT2D eigenvalue weighted by molar-refractivity contribution is 0.656. The van der Waals surface area contributed by atoms with Crippen LogP contribution in [0.2, 0.25) is 0 Å². The first-order chi connectivity index (χ1) is 5.18. The molecule has 0 bridgehead atoms. The van der Waals surface area contributed by atoms with Crippen molar-refractivity contribution in [2.24, 2.45) is 0 Å². The largest absolute Gasteiger partial charge is 0.355 e. The minimum Gasteiger partial charge on any atom is -0.355 e. The molecule has 0 aliphatic carbocycles. The van der Waals surface area contributed by atoms with E-state index >= 15 is 0 Å². The highest BCUT2D eigenvalue weighted by atomic mass is 33.1. The van der Waals surface area contributed by atoms with Crippen molar-refractivity contribution in [1.29, 1.82) is 0 Å². The molecule has 0 saturated carbocycles. The molecule has 1 atom stereocenters. The van der Waals surface area contributed by atoms with Crippen molar-refractivity contribution in [2.45, 2.75) is 11.8 Å². The zero-order valence-electron chi connectivity index (χ0n) is 6.06. The molecule has 1 nitrogen and oxygen atoms in total. The quantitative estimate of drug-likeness (QED) is 0.569. The van der Waals surface area contributed by atoms with Crippen LogP contribution in [-0.2, 0) is 0 Å². The molecule has 0 amide bonds. The minimum absolute atomic E-state index is 1.07. The number of hydrogen-bond acceptors (Lipinski definition) is 3. The number of benzene rings is 1. The fourth-order valence-electron chi connectivity index (χ4n) is 0.693. The zero-order chi connectivity index (χ0) is 8.27. The second-order valence-corrected chi connectivity index (χ2v) is 6.85. The van der Waals surface area contributed by atoms with Gasteiger partial charge in [0.2, 0.25) is 0 Å². The Balaban J connectivity index is 2.66. The van der Waals surface area contributed by atoms with Crippen LogP contribution in [0.3, 0.4) is 0 Å². The fourth-order valence-corrected chi connectivity index (χ4v) is 2.92. The normalized spacial score (nSPS) is 13.0. The Bertz CT molecular complexity index is 222. The SMILES string of the molecule is Cc1ccc(SP(O)S)cc1. The third-order valence-corrected chi connectivity index (χ3v) is 3.71. The van der Waals surface area contributed by atoms with Crippen molar-refractivity contribution < 1.29 is 4.89 Å². The molecular weight excluding hydrogens is 195 g/mol. The molecule has 0 saturated heterocycles. The predicted molar refractivity (Wildman–Crippen MR) is 55.2 cm³/mol. The first-order valence-electron chi connectivity index (χ1n) is 3.11. The van der Waals surface area contributed by atoms with Crippen molar-refractivity contribution in [1.82, 2.24) is 0 Å². The molecule has 1 rings (SSSR count). The van der Waals surface area contributed by atoms with Gasteiger partial charge in [0.05, 0.1) is 0 Å². The zero-order valence-corrected chi connectivity index (χ0v) is 8.66.